The smallest absolute Gasteiger partial charge is 0.161 e. The van der Waals surface area contributed by atoms with Crippen molar-refractivity contribution in [2.45, 2.75) is 0 Å². The van der Waals surface area contributed by atoms with Crippen LogP contribution in [0.15, 0.2) is 102 Å². The van der Waals surface area contributed by atoms with Gasteiger partial charge in [0.25, 0.3) is 0 Å². The van der Waals surface area contributed by atoms with Crippen LogP contribution in [0, 0.1) is 0 Å². The summed E-state index contributed by atoms with van der Waals surface area (Å²) in [6.07, 6.45) is 1.94. The normalized spacial score (nSPS) is 12.4. The highest BCUT2D eigenvalue weighted by molar-refractivity contribution is 6.26. The van der Waals surface area contributed by atoms with E-state index >= 15 is 0 Å². The molecule has 3 nitrogen and oxygen atoms in total. The molecule has 0 fully saturated rings. The van der Waals surface area contributed by atoms with Crippen LogP contribution in [0.1, 0.15) is 0 Å². The number of fused-ring (bicyclic) bond motifs is 9. The third-order valence-corrected chi connectivity index (χ3v) is 6.76. The molecule has 0 bridgehead atoms. The van der Waals surface area contributed by atoms with Crippen LogP contribution in [0.3, 0.4) is 0 Å². The molecule has 4 aromatic heterocycles. The Morgan fingerprint density at radius 3 is 2.25 bits per heavy atom. The van der Waals surface area contributed by atoms with Gasteiger partial charge in [0.1, 0.15) is 11.1 Å². The van der Waals surface area contributed by atoms with Crippen LogP contribution in [-0.2, 0) is 0 Å². The minimum atomic E-state index is 0.890. The van der Waals surface area contributed by atoms with Crippen molar-refractivity contribution in [2.24, 2.45) is 0 Å². The summed E-state index contributed by atoms with van der Waals surface area (Å²) in [6.45, 7) is 0. The molecule has 0 unspecified atom stereocenters. The van der Waals surface area contributed by atoms with E-state index < -0.39 is 0 Å². The van der Waals surface area contributed by atoms with Gasteiger partial charge >= 0.3 is 0 Å². The van der Waals surface area contributed by atoms with Crippen LogP contribution in [0.5, 0.6) is 0 Å². The molecule has 0 radical (unpaired) electrons. The summed E-state index contributed by atoms with van der Waals surface area (Å²) in [7, 11) is 0. The van der Waals surface area contributed by atoms with Crippen molar-refractivity contribution in [3.8, 4) is 11.3 Å². The van der Waals surface area contributed by atoms with Gasteiger partial charge in [-0.05, 0) is 35.7 Å². The van der Waals surface area contributed by atoms with Crippen molar-refractivity contribution in [3.63, 3.8) is 0 Å². The number of benzene rings is 4. The van der Waals surface area contributed by atoms with E-state index in [1.54, 1.807) is 0 Å². The molecule has 148 valence electrons. The van der Waals surface area contributed by atoms with Crippen molar-refractivity contribution >= 4 is 60.0 Å². The summed E-state index contributed by atoms with van der Waals surface area (Å²) in [5.41, 5.74) is 7.37. The maximum atomic E-state index is 6.63. The van der Waals surface area contributed by atoms with Crippen LogP contribution >= 0.6 is 0 Å². The second-order valence-electron chi connectivity index (χ2n) is 8.43. The van der Waals surface area contributed by atoms with Gasteiger partial charge in [-0.2, -0.15) is 0 Å². The monoisotopic (exact) mass is 408 g/mol. The molecule has 0 aliphatic rings. The molecule has 0 aliphatic carbocycles. The molecule has 0 atom stereocenters. The van der Waals surface area contributed by atoms with Crippen molar-refractivity contribution in [3.05, 3.63) is 97.2 Å². The maximum absolute atomic E-state index is 6.63. The van der Waals surface area contributed by atoms with E-state index in [4.69, 9.17) is 9.40 Å². The van der Waals surface area contributed by atoms with Crippen LogP contribution in [0.4, 0.5) is 0 Å². The van der Waals surface area contributed by atoms with E-state index in [0.717, 1.165) is 44.1 Å². The Bertz CT molecular complexity index is 1990. The van der Waals surface area contributed by atoms with Crippen molar-refractivity contribution in [1.82, 2.24) is 9.38 Å². The standard InChI is InChI=1S/C29H16N2O/c1-2-8-18-16-30-24(15-17(18)7-1)21-11-6-13-23-27-29(32-28(21)23)22-12-5-10-20-19-9-3-4-14-25(19)31(27)26(20)22/h1-16H. The topological polar surface area (TPSA) is 30.4 Å². The summed E-state index contributed by atoms with van der Waals surface area (Å²) in [6, 6.07) is 32.0. The highest BCUT2D eigenvalue weighted by atomic mass is 16.3. The van der Waals surface area contributed by atoms with Gasteiger partial charge in [0.05, 0.1) is 16.7 Å². The minimum absolute atomic E-state index is 0.890. The Morgan fingerprint density at radius 2 is 1.31 bits per heavy atom. The molecule has 4 heterocycles. The lowest BCUT2D eigenvalue weighted by Crippen LogP contribution is -1.85. The fourth-order valence-electron chi connectivity index (χ4n) is 5.38. The molecule has 32 heavy (non-hydrogen) atoms. The number of para-hydroxylation sites is 3. The molecule has 8 rings (SSSR count). The molecular weight excluding hydrogens is 392 g/mol. The van der Waals surface area contributed by atoms with Gasteiger partial charge in [-0.3, -0.25) is 4.98 Å². The highest BCUT2D eigenvalue weighted by Gasteiger charge is 2.23. The second kappa shape index (κ2) is 5.65. The third-order valence-electron chi connectivity index (χ3n) is 6.76. The molecule has 0 saturated heterocycles. The first kappa shape index (κ1) is 16.3. The van der Waals surface area contributed by atoms with E-state index in [2.05, 4.69) is 89.3 Å². The van der Waals surface area contributed by atoms with E-state index in [0.29, 0.717) is 0 Å². The molecule has 0 N–H and O–H groups in total. The van der Waals surface area contributed by atoms with Crippen LogP contribution in [0.25, 0.3) is 71.3 Å². The number of pyridine rings is 1. The predicted octanol–water partition coefficient (Wildman–Crippen LogP) is 7.80. The Kier molecular flexibility index (Phi) is 2.89. The molecule has 8 aromatic rings. The molecule has 0 saturated carbocycles. The van der Waals surface area contributed by atoms with Crippen molar-refractivity contribution in [2.75, 3.05) is 0 Å². The molecular formula is C29H16N2O. The van der Waals surface area contributed by atoms with E-state index in [1.807, 2.05) is 12.3 Å². The van der Waals surface area contributed by atoms with Gasteiger partial charge in [0, 0.05) is 38.7 Å². The molecule has 3 heteroatoms. The third kappa shape index (κ3) is 1.89. The number of rotatable bonds is 1. The maximum Gasteiger partial charge on any atom is 0.161 e. The number of aromatic nitrogens is 2. The summed E-state index contributed by atoms with van der Waals surface area (Å²) < 4.78 is 9.00. The fraction of sp³-hybridized carbons (Fsp3) is 0. The largest absolute Gasteiger partial charge is 0.453 e. The van der Waals surface area contributed by atoms with Gasteiger partial charge in [-0.15, -0.1) is 0 Å². The SMILES string of the molecule is c1ccc2cc(-c3cccc4c3oc3c5cccc6c7ccccc7n(c65)c43)ncc2c1. The number of furan rings is 1. The zero-order valence-electron chi connectivity index (χ0n) is 17.0. The Balaban J connectivity index is 1.55. The summed E-state index contributed by atoms with van der Waals surface area (Å²) >= 11 is 0. The van der Waals surface area contributed by atoms with Gasteiger partial charge in [-0.1, -0.05) is 60.7 Å². The lowest BCUT2D eigenvalue weighted by atomic mass is 10.1. The number of hydrogen-bond donors (Lipinski definition) is 0. The summed E-state index contributed by atoms with van der Waals surface area (Å²) in [5.74, 6) is 0. The second-order valence-corrected chi connectivity index (χ2v) is 8.43. The van der Waals surface area contributed by atoms with Crippen molar-refractivity contribution < 1.29 is 4.42 Å². The van der Waals surface area contributed by atoms with Crippen LogP contribution in [-0.4, -0.2) is 9.38 Å². The van der Waals surface area contributed by atoms with Gasteiger partial charge < -0.3 is 8.82 Å². The lowest BCUT2D eigenvalue weighted by molar-refractivity contribution is 0.673. The average molecular weight is 408 g/mol. The summed E-state index contributed by atoms with van der Waals surface area (Å²) in [5, 5.41) is 7.13. The Hall–Kier alpha value is -4.37. The fourth-order valence-corrected chi connectivity index (χ4v) is 5.38. The molecule has 0 spiro atoms. The zero-order valence-corrected chi connectivity index (χ0v) is 17.0. The first-order valence-electron chi connectivity index (χ1n) is 10.8. The van der Waals surface area contributed by atoms with E-state index in [9.17, 15) is 0 Å². The predicted molar refractivity (Wildman–Crippen MR) is 132 cm³/mol. The Morgan fingerprint density at radius 1 is 0.594 bits per heavy atom. The van der Waals surface area contributed by atoms with E-state index in [-0.39, 0.29) is 0 Å². The number of nitrogens with zero attached hydrogens (tertiary/aromatic N) is 2. The first-order chi connectivity index (χ1) is 15.9. The highest BCUT2D eigenvalue weighted by Crippen LogP contribution is 2.44. The van der Waals surface area contributed by atoms with Crippen LogP contribution in [0.2, 0.25) is 0 Å². The van der Waals surface area contributed by atoms with Crippen LogP contribution < -0.4 is 0 Å². The first-order valence-corrected chi connectivity index (χ1v) is 10.8. The van der Waals surface area contributed by atoms with Gasteiger partial charge in [0.2, 0.25) is 0 Å². The lowest BCUT2D eigenvalue weighted by Gasteiger charge is -2.04. The van der Waals surface area contributed by atoms with Crippen molar-refractivity contribution in [1.29, 1.82) is 0 Å². The zero-order chi connectivity index (χ0) is 20.8. The Labute approximate surface area is 182 Å². The average Bonchev–Trinajstić information content (AvgIpc) is 3.49. The summed E-state index contributed by atoms with van der Waals surface area (Å²) in [4.78, 5) is 4.77. The molecule has 0 amide bonds. The minimum Gasteiger partial charge on any atom is -0.453 e. The molecule has 4 aromatic carbocycles. The molecule has 0 aliphatic heterocycles. The van der Waals surface area contributed by atoms with Gasteiger partial charge in [-0.25, -0.2) is 0 Å². The quantitative estimate of drug-likeness (QED) is 0.277. The van der Waals surface area contributed by atoms with Gasteiger partial charge in [0.15, 0.2) is 5.58 Å². The van der Waals surface area contributed by atoms with E-state index in [1.165, 1.54) is 27.2 Å². The number of hydrogen-bond acceptors (Lipinski definition) is 2.